The first-order chi connectivity index (χ1) is 13.2. The van der Waals surface area contributed by atoms with Crippen LogP contribution in [-0.2, 0) is 9.53 Å². The summed E-state index contributed by atoms with van der Waals surface area (Å²) in [5.41, 5.74) is 0.247. The molecule has 0 unspecified atom stereocenters. The van der Waals surface area contributed by atoms with Crippen molar-refractivity contribution in [2.24, 2.45) is 11.8 Å². The number of rotatable bonds is 7. The highest BCUT2D eigenvalue weighted by atomic mass is 16.5. The topological polar surface area (TPSA) is 103 Å². The standard InChI is InChI=1S/C18H28N6O3/c25-17-12-27-15(7-19-18(26)16-8-20-22-21-16)11-24(17)10-14-3-5-23(6-4-14)9-13-1-2-13/h8,13-15H,1-7,9-12H2,(H,19,26)(H,20,21,22)/t15-/m1/s1. The molecule has 0 radical (unpaired) electrons. The molecule has 9 heteroatoms. The Labute approximate surface area is 158 Å². The van der Waals surface area contributed by atoms with Crippen molar-refractivity contribution in [1.82, 2.24) is 30.5 Å². The monoisotopic (exact) mass is 376 g/mol. The Morgan fingerprint density at radius 3 is 2.70 bits per heavy atom. The van der Waals surface area contributed by atoms with Crippen LogP contribution in [0.3, 0.4) is 0 Å². The molecule has 2 amide bonds. The summed E-state index contributed by atoms with van der Waals surface area (Å²) >= 11 is 0. The number of likely N-dealkylation sites (tertiary alicyclic amines) is 1. The number of nitrogens with zero attached hydrogens (tertiary/aromatic N) is 4. The molecule has 0 bridgehead atoms. The molecule has 2 saturated heterocycles. The van der Waals surface area contributed by atoms with Gasteiger partial charge in [0.05, 0.1) is 12.3 Å². The van der Waals surface area contributed by atoms with Gasteiger partial charge in [0.2, 0.25) is 5.91 Å². The summed E-state index contributed by atoms with van der Waals surface area (Å²) in [6.07, 6.45) is 6.31. The highest BCUT2D eigenvalue weighted by molar-refractivity contribution is 5.91. The summed E-state index contributed by atoms with van der Waals surface area (Å²) < 4.78 is 5.59. The average Bonchev–Trinajstić information content (AvgIpc) is 3.31. The summed E-state index contributed by atoms with van der Waals surface area (Å²) in [5.74, 6) is 1.26. The van der Waals surface area contributed by atoms with Crippen molar-refractivity contribution < 1.29 is 14.3 Å². The first-order valence-electron chi connectivity index (χ1n) is 9.93. The Hall–Kier alpha value is -2.00. The molecule has 1 saturated carbocycles. The number of morpholine rings is 1. The summed E-state index contributed by atoms with van der Waals surface area (Å²) in [6, 6.07) is 0. The third-order valence-electron chi connectivity index (χ3n) is 5.76. The zero-order valence-electron chi connectivity index (χ0n) is 15.6. The Morgan fingerprint density at radius 1 is 1.22 bits per heavy atom. The number of carbonyl (C=O) groups excluding carboxylic acids is 2. The first-order valence-corrected chi connectivity index (χ1v) is 9.93. The largest absolute Gasteiger partial charge is 0.365 e. The quantitative estimate of drug-likeness (QED) is 0.688. The van der Waals surface area contributed by atoms with Gasteiger partial charge in [-0.2, -0.15) is 15.4 Å². The highest BCUT2D eigenvalue weighted by Gasteiger charge is 2.31. The van der Waals surface area contributed by atoms with E-state index in [9.17, 15) is 9.59 Å². The molecule has 4 rings (SSSR count). The van der Waals surface area contributed by atoms with Crippen LogP contribution in [0.1, 0.15) is 36.2 Å². The fraction of sp³-hybridized carbons (Fsp3) is 0.778. The zero-order valence-corrected chi connectivity index (χ0v) is 15.6. The third kappa shape index (κ3) is 5.04. The van der Waals surface area contributed by atoms with Gasteiger partial charge in [0.25, 0.3) is 5.91 Å². The Kier molecular flexibility index (Phi) is 5.68. The fourth-order valence-corrected chi connectivity index (χ4v) is 3.92. The van der Waals surface area contributed by atoms with Crippen LogP contribution in [0.15, 0.2) is 6.20 Å². The number of hydrogen-bond acceptors (Lipinski definition) is 6. The van der Waals surface area contributed by atoms with Gasteiger partial charge in [-0.15, -0.1) is 0 Å². The normalized spacial score (nSPS) is 25.0. The van der Waals surface area contributed by atoms with Gasteiger partial charge in [-0.05, 0) is 50.6 Å². The smallest absolute Gasteiger partial charge is 0.273 e. The lowest BCUT2D eigenvalue weighted by molar-refractivity contribution is -0.149. The molecule has 2 aliphatic heterocycles. The molecule has 9 nitrogen and oxygen atoms in total. The van der Waals surface area contributed by atoms with Crippen molar-refractivity contribution in [3.8, 4) is 0 Å². The lowest BCUT2D eigenvalue weighted by atomic mass is 9.95. The predicted octanol–water partition coefficient (Wildman–Crippen LogP) is -0.116. The fourth-order valence-electron chi connectivity index (χ4n) is 3.92. The lowest BCUT2D eigenvalue weighted by Crippen LogP contribution is -2.52. The van der Waals surface area contributed by atoms with E-state index in [1.165, 1.54) is 25.6 Å². The molecule has 3 fully saturated rings. The lowest BCUT2D eigenvalue weighted by Gasteiger charge is -2.38. The van der Waals surface area contributed by atoms with Gasteiger partial charge in [-0.3, -0.25) is 9.59 Å². The maximum Gasteiger partial charge on any atom is 0.273 e. The van der Waals surface area contributed by atoms with Crippen LogP contribution in [0.5, 0.6) is 0 Å². The van der Waals surface area contributed by atoms with E-state index in [1.54, 1.807) is 0 Å². The number of piperidine rings is 1. The summed E-state index contributed by atoms with van der Waals surface area (Å²) in [5, 5.41) is 12.6. The van der Waals surface area contributed by atoms with Crippen molar-refractivity contribution in [2.75, 3.05) is 45.9 Å². The number of amides is 2. The maximum atomic E-state index is 12.2. The van der Waals surface area contributed by atoms with Crippen molar-refractivity contribution >= 4 is 11.8 Å². The minimum atomic E-state index is -0.293. The van der Waals surface area contributed by atoms with Crippen LogP contribution >= 0.6 is 0 Å². The van der Waals surface area contributed by atoms with Crippen molar-refractivity contribution in [2.45, 2.75) is 31.8 Å². The van der Waals surface area contributed by atoms with Crippen LogP contribution in [0, 0.1) is 11.8 Å². The van der Waals surface area contributed by atoms with Gasteiger partial charge in [0.15, 0.2) is 5.69 Å². The molecule has 0 spiro atoms. The summed E-state index contributed by atoms with van der Waals surface area (Å²) in [7, 11) is 0. The van der Waals surface area contributed by atoms with Crippen LogP contribution in [0.4, 0.5) is 0 Å². The van der Waals surface area contributed by atoms with E-state index in [-0.39, 0.29) is 30.2 Å². The van der Waals surface area contributed by atoms with E-state index < -0.39 is 0 Å². The molecule has 3 heterocycles. The highest BCUT2D eigenvalue weighted by Crippen LogP contribution is 2.31. The van der Waals surface area contributed by atoms with E-state index >= 15 is 0 Å². The van der Waals surface area contributed by atoms with Crippen LogP contribution in [0.25, 0.3) is 0 Å². The van der Waals surface area contributed by atoms with E-state index in [0.717, 1.165) is 38.4 Å². The molecule has 1 aromatic heterocycles. The van der Waals surface area contributed by atoms with Gasteiger partial charge < -0.3 is 19.9 Å². The first kappa shape index (κ1) is 18.4. The Balaban J connectivity index is 1.20. The van der Waals surface area contributed by atoms with Gasteiger partial charge in [-0.25, -0.2) is 0 Å². The molecular weight excluding hydrogens is 348 g/mol. The van der Waals surface area contributed by atoms with Crippen LogP contribution < -0.4 is 5.32 Å². The number of aromatic nitrogens is 3. The molecule has 27 heavy (non-hydrogen) atoms. The molecule has 1 aliphatic carbocycles. The summed E-state index contributed by atoms with van der Waals surface area (Å²) in [6.45, 7) is 5.33. The number of H-pyrrole nitrogens is 1. The number of aromatic amines is 1. The SMILES string of the molecule is O=C(NC[C@@H]1CN(CC2CCN(CC3CC3)CC2)C(=O)CO1)c1cn[nH]n1. The van der Waals surface area contributed by atoms with Gasteiger partial charge in [0.1, 0.15) is 6.61 Å². The zero-order chi connectivity index (χ0) is 18.6. The van der Waals surface area contributed by atoms with Gasteiger partial charge in [-0.1, -0.05) is 0 Å². The predicted molar refractivity (Wildman–Crippen MR) is 96.9 cm³/mol. The molecule has 0 aromatic carbocycles. The average molecular weight is 376 g/mol. The number of nitrogens with one attached hydrogen (secondary N) is 2. The second-order valence-electron chi connectivity index (χ2n) is 7.98. The van der Waals surface area contributed by atoms with E-state index in [2.05, 4.69) is 25.6 Å². The molecule has 1 aromatic rings. The molecule has 1 atom stereocenters. The van der Waals surface area contributed by atoms with Crippen molar-refractivity contribution in [1.29, 1.82) is 0 Å². The maximum absolute atomic E-state index is 12.2. The Morgan fingerprint density at radius 2 is 2.00 bits per heavy atom. The molecule has 2 N–H and O–H groups in total. The van der Waals surface area contributed by atoms with Crippen molar-refractivity contribution in [3.63, 3.8) is 0 Å². The minimum absolute atomic E-state index is 0.0505. The second-order valence-corrected chi connectivity index (χ2v) is 7.98. The number of ether oxygens (including phenoxy) is 1. The molecular formula is C18H28N6O3. The summed E-state index contributed by atoms with van der Waals surface area (Å²) in [4.78, 5) is 28.7. The third-order valence-corrected chi connectivity index (χ3v) is 5.76. The molecule has 148 valence electrons. The van der Waals surface area contributed by atoms with E-state index in [4.69, 9.17) is 4.74 Å². The van der Waals surface area contributed by atoms with E-state index in [0.29, 0.717) is 19.0 Å². The molecule has 3 aliphatic rings. The van der Waals surface area contributed by atoms with Crippen LogP contribution in [0.2, 0.25) is 0 Å². The van der Waals surface area contributed by atoms with Gasteiger partial charge >= 0.3 is 0 Å². The van der Waals surface area contributed by atoms with Crippen LogP contribution in [-0.4, -0.2) is 89.0 Å². The van der Waals surface area contributed by atoms with Crippen molar-refractivity contribution in [3.05, 3.63) is 11.9 Å². The Bertz CT molecular complexity index is 640. The van der Waals surface area contributed by atoms with Gasteiger partial charge in [0, 0.05) is 26.2 Å². The second kappa shape index (κ2) is 8.35. The number of carbonyl (C=O) groups is 2. The minimum Gasteiger partial charge on any atom is -0.365 e. The van der Waals surface area contributed by atoms with E-state index in [1.807, 2.05) is 4.90 Å². The number of hydrogen-bond donors (Lipinski definition) is 2.